The molecule has 0 bridgehead atoms. The molecule has 6 heteroatoms. The number of rotatable bonds is 3. The Kier molecular flexibility index (Phi) is 4.48. The molecule has 1 fully saturated rings. The van der Waals surface area contributed by atoms with Crippen LogP contribution in [0.4, 0.5) is 0 Å². The standard InChI is InChI=1S/C17H21ClN2O3/c1-11(2)8-16(21)19-7-3-4-13(10-19)20-14-9-12(18)5-6-15(14)23-17(20)22/h5-6,9,11,13H,3-4,7-8,10H2,1-2H3/t13-/m1/s1. The van der Waals surface area contributed by atoms with Gasteiger partial charge in [-0.2, -0.15) is 0 Å². The molecule has 3 rings (SSSR count). The molecule has 1 aliphatic heterocycles. The van der Waals surface area contributed by atoms with E-state index in [1.807, 2.05) is 18.7 Å². The Morgan fingerprint density at radius 2 is 2.22 bits per heavy atom. The quantitative estimate of drug-likeness (QED) is 0.862. The molecule has 1 amide bonds. The summed E-state index contributed by atoms with van der Waals surface area (Å²) < 4.78 is 6.96. The summed E-state index contributed by atoms with van der Waals surface area (Å²) in [5.41, 5.74) is 1.23. The molecule has 2 aromatic rings. The Bertz CT molecular complexity index is 778. The second-order valence-electron chi connectivity index (χ2n) is 6.58. The zero-order valence-corrected chi connectivity index (χ0v) is 14.2. The number of amides is 1. The molecular weight excluding hydrogens is 316 g/mol. The summed E-state index contributed by atoms with van der Waals surface area (Å²) in [6.07, 6.45) is 2.28. The van der Waals surface area contributed by atoms with Crippen molar-refractivity contribution >= 4 is 28.6 Å². The monoisotopic (exact) mass is 336 g/mol. The largest absolute Gasteiger partial charge is 0.420 e. The Morgan fingerprint density at radius 1 is 1.43 bits per heavy atom. The van der Waals surface area contributed by atoms with Crippen LogP contribution in [0.5, 0.6) is 0 Å². The van der Waals surface area contributed by atoms with Crippen LogP contribution in [-0.2, 0) is 4.79 Å². The van der Waals surface area contributed by atoms with Crippen molar-refractivity contribution in [3.05, 3.63) is 33.8 Å². The van der Waals surface area contributed by atoms with E-state index in [2.05, 4.69) is 0 Å². The zero-order chi connectivity index (χ0) is 16.6. The molecule has 1 aliphatic rings. The van der Waals surface area contributed by atoms with Gasteiger partial charge in [0.1, 0.15) is 0 Å². The lowest BCUT2D eigenvalue weighted by atomic mass is 10.0. The molecule has 5 nitrogen and oxygen atoms in total. The number of carbonyl (C=O) groups is 1. The van der Waals surface area contributed by atoms with E-state index in [4.69, 9.17) is 16.0 Å². The summed E-state index contributed by atoms with van der Waals surface area (Å²) >= 11 is 6.05. The van der Waals surface area contributed by atoms with E-state index >= 15 is 0 Å². The molecule has 0 unspecified atom stereocenters. The Morgan fingerprint density at radius 3 is 2.96 bits per heavy atom. The van der Waals surface area contributed by atoms with Crippen LogP contribution in [0, 0.1) is 5.92 Å². The van der Waals surface area contributed by atoms with Crippen LogP contribution >= 0.6 is 11.6 Å². The first-order valence-electron chi connectivity index (χ1n) is 8.04. The lowest BCUT2D eigenvalue weighted by molar-refractivity contribution is -0.133. The number of benzene rings is 1. The molecule has 1 aromatic carbocycles. The summed E-state index contributed by atoms with van der Waals surface area (Å²) in [5.74, 6) is 0.105. The third-order valence-electron chi connectivity index (χ3n) is 4.27. The third-order valence-corrected chi connectivity index (χ3v) is 4.51. The molecule has 0 N–H and O–H groups in total. The Labute approximate surface area is 139 Å². The van der Waals surface area contributed by atoms with Crippen LogP contribution in [0.25, 0.3) is 11.1 Å². The molecular formula is C17H21ClN2O3. The maximum absolute atomic E-state index is 12.3. The molecule has 0 aliphatic carbocycles. The topological polar surface area (TPSA) is 55.5 Å². The van der Waals surface area contributed by atoms with Crippen molar-refractivity contribution in [1.82, 2.24) is 9.47 Å². The number of likely N-dealkylation sites (tertiary alicyclic amines) is 1. The number of fused-ring (bicyclic) bond motifs is 1. The van der Waals surface area contributed by atoms with Crippen molar-refractivity contribution in [2.45, 2.75) is 39.2 Å². The van der Waals surface area contributed by atoms with E-state index < -0.39 is 0 Å². The Hall–Kier alpha value is -1.75. The van der Waals surface area contributed by atoms with E-state index in [-0.39, 0.29) is 17.7 Å². The van der Waals surface area contributed by atoms with Crippen LogP contribution in [0.1, 0.15) is 39.2 Å². The van der Waals surface area contributed by atoms with E-state index in [1.165, 1.54) is 0 Å². The fourth-order valence-corrected chi connectivity index (χ4v) is 3.39. The summed E-state index contributed by atoms with van der Waals surface area (Å²) in [6, 6.07) is 5.10. The van der Waals surface area contributed by atoms with Crippen molar-refractivity contribution in [3.63, 3.8) is 0 Å². The van der Waals surface area contributed by atoms with Gasteiger partial charge in [-0.15, -0.1) is 0 Å². The maximum Gasteiger partial charge on any atom is 0.420 e. The van der Waals surface area contributed by atoms with Gasteiger partial charge in [-0.25, -0.2) is 4.79 Å². The van der Waals surface area contributed by atoms with Gasteiger partial charge in [0, 0.05) is 24.5 Å². The number of hydrogen-bond donors (Lipinski definition) is 0. The van der Waals surface area contributed by atoms with Crippen LogP contribution in [-0.4, -0.2) is 28.5 Å². The van der Waals surface area contributed by atoms with Gasteiger partial charge >= 0.3 is 5.76 Å². The molecule has 0 radical (unpaired) electrons. The molecule has 1 aromatic heterocycles. The highest BCUT2D eigenvalue weighted by atomic mass is 35.5. The van der Waals surface area contributed by atoms with E-state index in [0.29, 0.717) is 35.0 Å². The predicted octanol–water partition coefficient (Wildman–Crippen LogP) is 3.46. The summed E-state index contributed by atoms with van der Waals surface area (Å²) in [6.45, 7) is 5.38. The summed E-state index contributed by atoms with van der Waals surface area (Å²) in [7, 11) is 0. The van der Waals surface area contributed by atoms with Gasteiger partial charge in [-0.1, -0.05) is 25.4 Å². The molecule has 23 heavy (non-hydrogen) atoms. The van der Waals surface area contributed by atoms with Crippen molar-refractivity contribution in [1.29, 1.82) is 0 Å². The van der Waals surface area contributed by atoms with Crippen molar-refractivity contribution < 1.29 is 9.21 Å². The highest BCUT2D eigenvalue weighted by Gasteiger charge is 2.27. The number of hydrogen-bond acceptors (Lipinski definition) is 3. The normalized spacial score (nSPS) is 18.8. The molecule has 0 saturated carbocycles. The van der Waals surface area contributed by atoms with Crippen LogP contribution in [0.2, 0.25) is 5.02 Å². The molecule has 0 spiro atoms. The van der Waals surface area contributed by atoms with E-state index in [1.54, 1.807) is 22.8 Å². The van der Waals surface area contributed by atoms with Gasteiger partial charge in [0.25, 0.3) is 0 Å². The molecule has 124 valence electrons. The van der Waals surface area contributed by atoms with Gasteiger partial charge in [0.2, 0.25) is 5.91 Å². The SMILES string of the molecule is CC(C)CC(=O)N1CCC[C@@H](n2c(=O)oc3ccc(Cl)cc32)C1. The van der Waals surface area contributed by atoms with Crippen molar-refractivity contribution in [3.8, 4) is 0 Å². The predicted molar refractivity (Wildman–Crippen MR) is 89.8 cm³/mol. The van der Waals surface area contributed by atoms with Crippen molar-refractivity contribution in [2.75, 3.05) is 13.1 Å². The summed E-state index contributed by atoms with van der Waals surface area (Å²) in [5, 5.41) is 0.565. The highest BCUT2D eigenvalue weighted by Crippen LogP contribution is 2.27. The fourth-order valence-electron chi connectivity index (χ4n) is 3.22. The highest BCUT2D eigenvalue weighted by molar-refractivity contribution is 6.31. The second kappa shape index (κ2) is 6.40. The lowest BCUT2D eigenvalue weighted by Crippen LogP contribution is -2.42. The summed E-state index contributed by atoms with van der Waals surface area (Å²) in [4.78, 5) is 26.4. The van der Waals surface area contributed by atoms with Crippen LogP contribution in [0.15, 0.2) is 27.4 Å². The Balaban J connectivity index is 1.90. The smallest absolute Gasteiger partial charge is 0.408 e. The number of oxazole rings is 1. The maximum atomic E-state index is 12.3. The first-order chi connectivity index (χ1) is 11.0. The van der Waals surface area contributed by atoms with Crippen LogP contribution in [0.3, 0.4) is 0 Å². The van der Waals surface area contributed by atoms with Gasteiger partial charge in [0.15, 0.2) is 5.58 Å². The second-order valence-corrected chi connectivity index (χ2v) is 7.02. The number of carbonyl (C=O) groups excluding carboxylic acids is 1. The average molecular weight is 337 g/mol. The first-order valence-corrected chi connectivity index (χ1v) is 8.42. The minimum atomic E-state index is -0.384. The molecule has 1 saturated heterocycles. The van der Waals surface area contributed by atoms with Crippen molar-refractivity contribution in [2.24, 2.45) is 5.92 Å². The van der Waals surface area contributed by atoms with Gasteiger partial charge in [-0.05, 0) is 37.0 Å². The first kappa shape index (κ1) is 16.1. The number of aromatic nitrogens is 1. The zero-order valence-electron chi connectivity index (χ0n) is 13.4. The van der Waals surface area contributed by atoms with E-state index in [9.17, 15) is 9.59 Å². The minimum absolute atomic E-state index is 0.0629. The van der Waals surface area contributed by atoms with Gasteiger partial charge in [-0.3, -0.25) is 9.36 Å². The average Bonchev–Trinajstić information content (AvgIpc) is 2.82. The third kappa shape index (κ3) is 3.29. The van der Waals surface area contributed by atoms with Gasteiger partial charge in [0.05, 0.1) is 11.6 Å². The fraction of sp³-hybridized carbons (Fsp3) is 0.529. The number of halogens is 1. The van der Waals surface area contributed by atoms with Crippen LogP contribution < -0.4 is 5.76 Å². The molecule has 2 heterocycles. The number of nitrogens with zero attached hydrogens (tertiary/aromatic N) is 2. The van der Waals surface area contributed by atoms with Gasteiger partial charge < -0.3 is 9.32 Å². The molecule has 1 atom stereocenters. The minimum Gasteiger partial charge on any atom is -0.408 e. The number of piperidine rings is 1. The lowest BCUT2D eigenvalue weighted by Gasteiger charge is -2.33. The van der Waals surface area contributed by atoms with E-state index in [0.717, 1.165) is 19.4 Å².